The van der Waals surface area contributed by atoms with Gasteiger partial charge in [-0.05, 0) is 41.6 Å². The van der Waals surface area contributed by atoms with E-state index in [1.165, 1.54) is 0 Å². The molecule has 2 rings (SSSR count). The average molecular weight is 299 g/mol. The van der Waals surface area contributed by atoms with E-state index in [0.29, 0.717) is 6.54 Å². The topological polar surface area (TPSA) is 33.3 Å². The highest BCUT2D eigenvalue weighted by atomic mass is 35.5. The van der Waals surface area contributed by atoms with Gasteiger partial charge >= 0.3 is 0 Å². The largest absolute Gasteiger partial charge is 0.497 e. The Hall–Kier alpha value is -1.26. The summed E-state index contributed by atoms with van der Waals surface area (Å²) in [5.74, 6) is 0.910. The summed E-state index contributed by atoms with van der Waals surface area (Å²) >= 11 is 10.9. The molecule has 19 heavy (non-hydrogen) atoms. The standard InChI is InChI=1S/C7H8Cl2N2.C7H8O/c8-7-3-1-2-6(4-7)5-10-11-9;1-8-7-5-3-2-4-6-7/h1-4,10-11H,5H2;2-6H,1H3. The quantitative estimate of drug-likeness (QED) is 0.666. The molecule has 0 unspecified atom stereocenters. The second-order valence-corrected chi connectivity index (χ2v) is 4.22. The van der Waals surface area contributed by atoms with Gasteiger partial charge in [0.2, 0.25) is 0 Å². The summed E-state index contributed by atoms with van der Waals surface area (Å²) in [5.41, 5.74) is 3.84. The van der Waals surface area contributed by atoms with Crippen LogP contribution in [0.2, 0.25) is 5.02 Å². The maximum atomic E-state index is 5.74. The molecular weight excluding hydrogens is 283 g/mol. The van der Waals surface area contributed by atoms with Crippen LogP contribution in [0.3, 0.4) is 0 Å². The molecule has 0 heterocycles. The summed E-state index contributed by atoms with van der Waals surface area (Å²) < 4.78 is 4.91. The molecule has 0 amide bonds. The molecule has 0 aromatic heterocycles. The van der Waals surface area contributed by atoms with E-state index in [4.69, 9.17) is 28.1 Å². The number of ether oxygens (including phenoxy) is 1. The molecule has 0 aliphatic heterocycles. The Morgan fingerprint density at radius 1 is 1.05 bits per heavy atom. The van der Waals surface area contributed by atoms with Crippen molar-refractivity contribution in [2.75, 3.05) is 7.11 Å². The Morgan fingerprint density at radius 2 is 1.79 bits per heavy atom. The molecule has 0 bridgehead atoms. The monoisotopic (exact) mass is 298 g/mol. The van der Waals surface area contributed by atoms with Crippen LogP contribution in [0.1, 0.15) is 5.56 Å². The number of benzene rings is 2. The van der Waals surface area contributed by atoms with Crippen LogP contribution in [0.15, 0.2) is 54.6 Å². The Balaban J connectivity index is 0.000000200. The first kappa shape index (κ1) is 15.8. The minimum atomic E-state index is 0.657. The lowest BCUT2D eigenvalue weighted by Gasteiger charge is -2.00. The van der Waals surface area contributed by atoms with Crippen LogP contribution in [0.5, 0.6) is 5.75 Å². The lowest BCUT2D eigenvalue weighted by molar-refractivity contribution is 0.415. The molecule has 0 aliphatic rings. The van der Waals surface area contributed by atoms with Crippen molar-refractivity contribution >= 4 is 23.4 Å². The smallest absolute Gasteiger partial charge is 0.118 e. The molecule has 0 spiro atoms. The van der Waals surface area contributed by atoms with E-state index >= 15 is 0 Å². The molecule has 0 fully saturated rings. The van der Waals surface area contributed by atoms with Gasteiger partial charge in [-0.2, -0.15) is 4.94 Å². The first-order chi connectivity index (χ1) is 9.26. The van der Waals surface area contributed by atoms with Gasteiger partial charge in [0.15, 0.2) is 0 Å². The number of methoxy groups -OCH3 is 1. The third kappa shape index (κ3) is 7.03. The molecule has 5 heteroatoms. The molecule has 0 atom stereocenters. The molecule has 3 nitrogen and oxygen atoms in total. The van der Waals surface area contributed by atoms with Gasteiger partial charge in [0.05, 0.1) is 7.11 Å². The lowest BCUT2D eigenvalue weighted by atomic mass is 10.2. The normalized spacial score (nSPS) is 9.42. The molecule has 0 aliphatic carbocycles. The summed E-state index contributed by atoms with van der Waals surface area (Å²) in [6.07, 6.45) is 0. The fraction of sp³-hybridized carbons (Fsp3) is 0.143. The number of hydrogen-bond donors (Lipinski definition) is 2. The fourth-order valence-electron chi connectivity index (χ4n) is 1.34. The summed E-state index contributed by atoms with van der Waals surface area (Å²) in [5, 5.41) is 0.735. The summed E-state index contributed by atoms with van der Waals surface area (Å²) in [6, 6.07) is 17.3. The molecule has 2 aromatic rings. The zero-order valence-electron chi connectivity index (χ0n) is 10.6. The number of hydrogen-bond acceptors (Lipinski definition) is 3. The highest BCUT2D eigenvalue weighted by molar-refractivity contribution is 6.30. The van der Waals surface area contributed by atoms with Crippen LogP contribution in [0.4, 0.5) is 0 Å². The van der Waals surface area contributed by atoms with Crippen LogP contribution >= 0.6 is 23.4 Å². The van der Waals surface area contributed by atoms with Gasteiger partial charge in [-0.15, -0.1) is 0 Å². The zero-order valence-corrected chi connectivity index (χ0v) is 12.1. The van der Waals surface area contributed by atoms with Crippen LogP contribution in [-0.4, -0.2) is 7.11 Å². The Morgan fingerprint density at radius 3 is 2.32 bits per heavy atom. The third-order valence-corrected chi connectivity index (χ3v) is 2.60. The number of hydrazine groups is 1. The lowest BCUT2D eigenvalue weighted by Crippen LogP contribution is -2.21. The molecule has 0 saturated carbocycles. The Bertz CT molecular complexity index is 466. The van der Waals surface area contributed by atoms with Crippen molar-refractivity contribution in [3.63, 3.8) is 0 Å². The molecule has 102 valence electrons. The second-order valence-electron chi connectivity index (χ2n) is 3.60. The maximum absolute atomic E-state index is 5.74. The second kappa shape index (κ2) is 9.64. The minimum absolute atomic E-state index is 0.657. The van der Waals surface area contributed by atoms with Crippen molar-refractivity contribution in [1.82, 2.24) is 10.4 Å². The number of rotatable bonds is 4. The van der Waals surface area contributed by atoms with Crippen molar-refractivity contribution < 1.29 is 4.74 Å². The Kier molecular flexibility index (Phi) is 8.02. The molecule has 0 saturated heterocycles. The number of halogens is 2. The molecule has 2 N–H and O–H groups in total. The van der Waals surface area contributed by atoms with Crippen LogP contribution in [0.25, 0.3) is 0 Å². The minimum Gasteiger partial charge on any atom is -0.497 e. The first-order valence-corrected chi connectivity index (χ1v) is 6.44. The highest BCUT2D eigenvalue weighted by Crippen LogP contribution is 2.09. The highest BCUT2D eigenvalue weighted by Gasteiger charge is 1.91. The zero-order chi connectivity index (χ0) is 13.9. The maximum Gasteiger partial charge on any atom is 0.118 e. The summed E-state index contributed by atoms with van der Waals surface area (Å²) in [4.78, 5) is 2.31. The fourth-order valence-corrected chi connectivity index (χ4v) is 1.62. The van der Waals surface area contributed by atoms with Gasteiger partial charge in [-0.25, -0.2) is 5.43 Å². The van der Waals surface area contributed by atoms with Crippen molar-refractivity contribution in [3.8, 4) is 5.75 Å². The van der Waals surface area contributed by atoms with Crippen molar-refractivity contribution in [3.05, 3.63) is 65.2 Å². The van der Waals surface area contributed by atoms with E-state index < -0.39 is 0 Å². The summed E-state index contributed by atoms with van der Waals surface area (Å²) in [7, 11) is 1.66. The molecular formula is C14H16Cl2N2O. The van der Waals surface area contributed by atoms with Gasteiger partial charge in [-0.3, -0.25) is 0 Å². The third-order valence-electron chi connectivity index (χ3n) is 2.23. The number of nitrogens with one attached hydrogen (secondary N) is 2. The predicted octanol–water partition coefficient (Wildman–Crippen LogP) is 3.78. The van der Waals surface area contributed by atoms with Crippen LogP contribution in [0, 0.1) is 0 Å². The predicted molar refractivity (Wildman–Crippen MR) is 80.3 cm³/mol. The van der Waals surface area contributed by atoms with E-state index in [-0.39, 0.29) is 0 Å². The van der Waals surface area contributed by atoms with Crippen molar-refractivity contribution in [2.45, 2.75) is 6.54 Å². The Labute approximate surface area is 123 Å². The SMILES string of the molecule is COc1ccccc1.ClNNCc1cccc(Cl)c1. The van der Waals surface area contributed by atoms with Crippen molar-refractivity contribution in [2.24, 2.45) is 0 Å². The number of para-hydroxylation sites is 1. The summed E-state index contributed by atoms with van der Waals surface area (Å²) in [6.45, 7) is 0.657. The van der Waals surface area contributed by atoms with E-state index in [9.17, 15) is 0 Å². The van der Waals surface area contributed by atoms with E-state index in [2.05, 4.69) is 10.4 Å². The van der Waals surface area contributed by atoms with Gasteiger partial charge in [0, 0.05) is 11.6 Å². The first-order valence-electron chi connectivity index (χ1n) is 5.68. The molecule has 0 radical (unpaired) electrons. The van der Waals surface area contributed by atoms with E-state index in [1.807, 2.05) is 54.6 Å². The van der Waals surface area contributed by atoms with E-state index in [0.717, 1.165) is 16.3 Å². The van der Waals surface area contributed by atoms with Crippen LogP contribution < -0.4 is 15.1 Å². The van der Waals surface area contributed by atoms with E-state index in [1.54, 1.807) is 7.11 Å². The van der Waals surface area contributed by atoms with Gasteiger partial charge in [0.1, 0.15) is 5.75 Å². The van der Waals surface area contributed by atoms with Crippen molar-refractivity contribution in [1.29, 1.82) is 0 Å². The van der Waals surface area contributed by atoms with Gasteiger partial charge in [-0.1, -0.05) is 41.9 Å². The van der Waals surface area contributed by atoms with Gasteiger partial charge < -0.3 is 4.74 Å². The average Bonchev–Trinajstić information content (AvgIpc) is 2.47. The van der Waals surface area contributed by atoms with Crippen LogP contribution in [-0.2, 0) is 6.54 Å². The van der Waals surface area contributed by atoms with Gasteiger partial charge in [0.25, 0.3) is 0 Å². The molecule has 2 aromatic carbocycles.